The maximum atomic E-state index is 11.9. The van der Waals surface area contributed by atoms with Crippen LogP contribution in [-0.2, 0) is 6.42 Å². The standard InChI is InChI=1S/C18H24N4O/c1-12(18(2,3)4)22(11-19)17(20)21-14-8-9-15-13(10-14)6-5-7-16(15)23/h8-10,12H,5-7H2,1-4H3,(H2,20,21). The minimum atomic E-state index is -0.119. The normalized spacial score (nSPS) is 15.3. The van der Waals surface area contributed by atoms with Gasteiger partial charge in [0.2, 0.25) is 5.96 Å². The summed E-state index contributed by atoms with van der Waals surface area (Å²) >= 11 is 0. The van der Waals surface area contributed by atoms with Crippen LogP contribution in [0.3, 0.4) is 0 Å². The number of rotatable bonds is 2. The van der Waals surface area contributed by atoms with Crippen molar-refractivity contribution in [1.82, 2.24) is 4.90 Å². The van der Waals surface area contributed by atoms with E-state index in [0.717, 1.165) is 29.7 Å². The van der Waals surface area contributed by atoms with Crippen molar-refractivity contribution < 1.29 is 4.79 Å². The Morgan fingerprint density at radius 1 is 1.39 bits per heavy atom. The van der Waals surface area contributed by atoms with Gasteiger partial charge in [0.25, 0.3) is 0 Å². The molecule has 0 aromatic heterocycles. The molecule has 5 heteroatoms. The lowest BCUT2D eigenvalue weighted by Crippen LogP contribution is -2.45. The molecular weight excluding hydrogens is 288 g/mol. The lowest BCUT2D eigenvalue weighted by atomic mass is 9.87. The van der Waals surface area contributed by atoms with Crippen LogP contribution in [0.25, 0.3) is 0 Å². The number of carbonyl (C=O) groups excluding carboxylic acids is 1. The second-order valence-corrected chi connectivity index (χ2v) is 7.13. The molecule has 0 bridgehead atoms. The van der Waals surface area contributed by atoms with E-state index < -0.39 is 0 Å². The zero-order valence-electron chi connectivity index (χ0n) is 14.2. The Labute approximate surface area is 137 Å². The van der Waals surface area contributed by atoms with E-state index in [0.29, 0.717) is 6.42 Å². The molecule has 0 amide bonds. The number of aryl methyl sites for hydroxylation is 1. The van der Waals surface area contributed by atoms with Gasteiger partial charge in [-0.25, -0.2) is 4.90 Å². The largest absolute Gasteiger partial charge is 0.326 e. The molecule has 1 aromatic carbocycles. The summed E-state index contributed by atoms with van der Waals surface area (Å²) in [6.45, 7) is 8.06. The molecule has 23 heavy (non-hydrogen) atoms. The molecule has 1 aliphatic rings. The van der Waals surface area contributed by atoms with E-state index >= 15 is 0 Å². The van der Waals surface area contributed by atoms with Gasteiger partial charge >= 0.3 is 0 Å². The molecule has 1 unspecified atom stereocenters. The molecule has 2 N–H and O–H groups in total. The molecule has 0 saturated heterocycles. The van der Waals surface area contributed by atoms with E-state index in [2.05, 4.69) is 11.5 Å². The minimum absolute atomic E-state index is 0.0528. The Morgan fingerprint density at radius 2 is 2.09 bits per heavy atom. The van der Waals surface area contributed by atoms with Gasteiger partial charge in [-0.15, -0.1) is 0 Å². The number of guanidine groups is 1. The number of benzene rings is 1. The van der Waals surface area contributed by atoms with Crippen molar-refractivity contribution in [2.24, 2.45) is 5.41 Å². The number of nitrogens with one attached hydrogen (secondary N) is 2. The van der Waals surface area contributed by atoms with E-state index in [1.165, 1.54) is 4.90 Å². The Kier molecular flexibility index (Phi) is 4.74. The van der Waals surface area contributed by atoms with Crippen molar-refractivity contribution in [3.63, 3.8) is 0 Å². The second kappa shape index (κ2) is 6.41. The molecule has 0 fully saturated rings. The van der Waals surface area contributed by atoms with Gasteiger partial charge in [-0.3, -0.25) is 10.2 Å². The van der Waals surface area contributed by atoms with Crippen LogP contribution in [0, 0.1) is 22.3 Å². The van der Waals surface area contributed by atoms with E-state index in [1.54, 1.807) is 6.07 Å². The summed E-state index contributed by atoms with van der Waals surface area (Å²) in [5.74, 6) is 0.241. The lowest BCUT2D eigenvalue weighted by Gasteiger charge is -2.34. The molecule has 2 rings (SSSR count). The molecule has 0 saturated carbocycles. The third-order valence-electron chi connectivity index (χ3n) is 4.51. The summed E-state index contributed by atoms with van der Waals surface area (Å²) in [7, 11) is 0. The van der Waals surface area contributed by atoms with Gasteiger partial charge in [0.1, 0.15) is 0 Å². The van der Waals surface area contributed by atoms with Crippen LogP contribution in [0.5, 0.6) is 0 Å². The zero-order chi connectivity index (χ0) is 17.2. The summed E-state index contributed by atoms with van der Waals surface area (Å²) in [6.07, 6.45) is 4.45. The zero-order valence-corrected chi connectivity index (χ0v) is 14.2. The Balaban J connectivity index is 2.17. The van der Waals surface area contributed by atoms with Gasteiger partial charge in [0, 0.05) is 23.7 Å². The minimum Gasteiger partial charge on any atom is -0.326 e. The number of hydrogen-bond donors (Lipinski definition) is 2. The monoisotopic (exact) mass is 312 g/mol. The summed E-state index contributed by atoms with van der Waals surface area (Å²) in [6, 6.07) is 5.43. The molecule has 122 valence electrons. The van der Waals surface area contributed by atoms with Crippen LogP contribution in [0.4, 0.5) is 5.69 Å². The highest BCUT2D eigenvalue weighted by Crippen LogP contribution is 2.26. The number of fused-ring (bicyclic) bond motifs is 1. The summed E-state index contributed by atoms with van der Waals surface area (Å²) in [5, 5.41) is 20.6. The average molecular weight is 312 g/mol. The molecule has 0 radical (unpaired) electrons. The fourth-order valence-electron chi connectivity index (χ4n) is 2.64. The number of hydrogen-bond acceptors (Lipinski definition) is 3. The van der Waals surface area contributed by atoms with Gasteiger partial charge in [-0.2, -0.15) is 5.26 Å². The van der Waals surface area contributed by atoms with Crippen LogP contribution in [0.15, 0.2) is 18.2 Å². The number of anilines is 1. The maximum absolute atomic E-state index is 11.9. The number of carbonyl (C=O) groups is 1. The highest BCUT2D eigenvalue weighted by Gasteiger charge is 2.28. The van der Waals surface area contributed by atoms with Crippen molar-refractivity contribution in [2.45, 2.75) is 53.0 Å². The van der Waals surface area contributed by atoms with E-state index in [9.17, 15) is 10.1 Å². The van der Waals surface area contributed by atoms with Crippen LogP contribution in [0.2, 0.25) is 0 Å². The topological polar surface area (TPSA) is 80.0 Å². The Bertz CT molecular complexity index is 667. The molecule has 5 nitrogen and oxygen atoms in total. The fourth-order valence-corrected chi connectivity index (χ4v) is 2.64. The molecule has 0 heterocycles. The number of nitrogens with zero attached hydrogens (tertiary/aromatic N) is 2. The third-order valence-corrected chi connectivity index (χ3v) is 4.51. The van der Waals surface area contributed by atoms with Crippen molar-refractivity contribution in [3.8, 4) is 6.19 Å². The van der Waals surface area contributed by atoms with Crippen LogP contribution >= 0.6 is 0 Å². The highest BCUT2D eigenvalue weighted by molar-refractivity contribution is 5.99. The van der Waals surface area contributed by atoms with Gasteiger partial charge in [0.15, 0.2) is 12.0 Å². The predicted octanol–water partition coefficient (Wildman–Crippen LogP) is 3.77. The van der Waals surface area contributed by atoms with E-state index in [-0.39, 0.29) is 23.2 Å². The van der Waals surface area contributed by atoms with Crippen LogP contribution < -0.4 is 5.32 Å². The van der Waals surface area contributed by atoms with Crippen LogP contribution in [-0.4, -0.2) is 22.7 Å². The van der Waals surface area contributed by atoms with Gasteiger partial charge in [-0.1, -0.05) is 20.8 Å². The first-order valence-electron chi connectivity index (χ1n) is 7.94. The molecule has 1 aliphatic carbocycles. The SMILES string of the molecule is CC(N(C#N)C(=N)Nc1ccc2c(c1)CCCC2=O)C(C)(C)C. The fraction of sp³-hybridized carbons (Fsp3) is 0.500. The van der Waals surface area contributed by atoms with Crippen molar-refractivity contribution in [3.05, 3.63) is 29.3 Å². The molecule has 1 atom stereocenters. The first-order valence-corrected chi connectivity index (χ1v) is 7.94. The second-order valence-electron chi connectivity index (χ2n) is 7.13. The van der Waals surface area contributed by atoms with Crippen molar-refractivity contribution >= 4 is 17.4 Å². The third kappa shape index (κ3) is 3.70. The average Bonchev–Trinajstić information content (AvgIpc) is 2.47. The first-order chi connectivity index (χ1) is 10.7. The van der Waals surface area contributed by atoms with Gasteiger partial charge in [-0.05, 0) is 48.9 Å². The smallest absolute Gasteiger partial charge is 0.209 e. The number of Topliss-reactive ketones (excluding diaryl/α,β-unsaturated/α-hetero) is 1. The Hall–Kier alpha value is -2.35. The van der Waals surface area contributed by atoms with E-state index in [1.807, 2.05) is 39.8 Å². The summed E-state index contributed by atoms with van der Waals surface area (Å²) in [5.41, 5.74) is 2.43. The number of ketones is 1. The van der Waals surface area contributed by atoms with Gasteiger partial charge in [0.05, 0.1) is 0 Å². The quantitative estimate of drug-likeness (QED) is 0.377. The number of nitriles is 1. The first kappa shape index (κ1) is 17.0. The highest BCUT2D eigenvalue weighted by atomic mass is 16.1. The molecular formula is C18H24N4O. The summed E-state index contributed by atoms with van der Waals surface area (Å²) in [4.78, 5) is 13.2. The Morgan fingerprint density at radius 3 is 2.70 bits per heavy atom. The maximum Gasteiger partial charge on any atom is 0.209 e. The van der Waals surface area contributed by atoms with Crippen molar-refractivity contribution in [2.75, 3.05) is 5.32 Å². The van der Waals surface area contributed by atoms with Crippen LogP contribution in [0.1, 0.15) is 56.5 Å². The molecule has 0 spiro atoms. The van der Waals surface area contributed by atoms with E-state index in [4.69, 9.17) is 5.41 Å². The molecule has 0 aliphatic heterocycles. The lowest BCUT2D eigenvalue weighted by molar-refractivity contribution is 0.0972. The van der Waals surface area contributed by atoms with Gasteiger partial charge < -0.3 is 5.32 Å². The summed E-state index contributed by atoms with van der Waals surface area (Å²) < 4.78 is 0. The predicted molar refractivity (Wildman–Crippen MR) is 91.4 cm³/mol. The molecule has 1 aromatic rings. The van der Waals surface area contributed by atoms with Crippen molar-refractivity contribution in [1.29, 1.82) is 10.7 Å².